The normalized spacial score (nSPS) is 17.8. The lowest BCUT2D eigenvalue weighted by Gasteiger charge is -2.36. The van der Waals surface area contributed by atoms with Gasteiger partial charge in [-0.05, 0) is 44.4 Å². The second-order valence-electron chi connectivity index (χ2n) is 5.34. The van der Waals surface area contributed by atoms with Gasteiger partial charge in [0.05, 0.1) is 5.02 Å². The molecule has 0 spiro atoms. The minimum Gasteiger partial charge on any atom is -0.481 e. The van der Waals surface area contributed by atoms with E-state index in [0.717, 1.165) is 23.7 Å². The Labute approximate surface area is 142 Å². The van der Waals surface area contributed by atoms with Crippen molar-refractivity contribution >= 4 is 27.5 Å². The highest BCUT2D eigenvalue weighted by atomic mass is 79.9. The minimum atomic E-state index is -0.416. The molecule has 0 amide bonds. The molecule has 0 radical (unpaired) electrons. The smallest absolute Gasteiger partial charge is 0.259 e. The summed E-state index contributed by atoms with van der Waals surface area (Å²) in [6.07, 6.45) is 2.54. The van der Waals surface area contributed by atoms with E-state index in [0.29, 0.717) is 22.5 Å². The van der Waals surface area contributed by atoms with E-state index in [1.54, 1.807) is 19.2 Å². The van der Waals surface area contributed by atoms with E-state index in [-0.39, 0.29) is 6.10 Å². The monoisotopic (exact) mass is 386 g/mol. The number of hydrogen-bond donors (Lipinski definition) is 0. The summed E-state index contributed by atoms with van der Waals surface area (Å²) in [5.74, 6) is 1.58. The molecular formula is C15H16BrClN2O3. The Bertz CT molecular complexity index is 667. The van der Waals surface area contributed by atoms with Crippen LogP contribution in [-0.2, 0) is 10.3 Å². The van der Waals surface area contributed by atoms with Crippen LogP contribution in [-0.4, -0.2) is 17.3 Å². The van der Waals surface area contributed by atoms with Crippen molar-refractivity contribution in [3.05, 3.63) is 39.4 Å². The van der Waals surface area contributed by atoms with E-state index in [4.69, 9.17) is 25.6 Å². The summed E-state index contributed by atoms with van der Waals surface area (Å²) in [5, 5.41) is 4.54. The lowest BCUT2D eigenvalue weighted by Crippen LogP contribution is -2.36. The van der Waals surface area contributed by atoms with Crippen molar-refractivity contribution < 1.29 is 14.0 Å². The number of benzene rings is 1. The Balaban J connectivity index is 1.75. The lowest BCUT2D eigenvalue weighted by molar-refractivity contribution is -0.0992. The molecule has 7 heteroatoms. The molecule has 5 nitrogen and oxygen atoms in total. The van der Waals surface area contributed by atoms with Gasteiger partial charge in [-0.15, -0.1) is 0 Å². The van der Waals surface area contributed by atoms with Crippen LogP contribution in [0.15, 0.2) is 27.2 Å². The fourth-order valence-corrected chi connectivity index (χ4v) is 3.12. The first-order valence-electron chi connectivity index (χ1n) is 7.05. The van der Waals surface area contributed by atoms with Crippen LogP contribution in [0, 0.1) is 0 Å². The van der Waals surface area contributed by atoms with Crippen molar-refractivity contribution in [2.24, 2.45) is 0 Å². The highest BCUT2D eigenvalue weighted by Gasteiger charge is 2.44. The molecule has 0 aliphatic heterocycles. The van der Waals surface area contributed by atoms with Gasteiger partial charge >= 0.3 is 0 Å². The molecule has 1 saturated carbocycles. The number of hydrogen-bond acceptors (Lipinski definition) is 5. The largest absolute Gasteiger partial charge is 0.481 e. The summed E-state index contributed by atoms with van der Waals surface area (Å²) in [6.45, 7) is 1.85. The van der Waals surface area contributed by atoms with Gasteiger partial charge in [0.15, 0.2) is 6.10 Å². The van der Waals surface area contributed by atoms with Crippen LogP contribution in [0.4, 0.5) is 0 Å². The predicted octanol–water partition coefficient (Wildman–Crippen LogP) is 4.65. The molecule has 1 heterocycles. The Morgan fingerprint density at radius 3 is 2.77 bits per heavy atom. The summed E-state index contributed by atoms with van der Waals surface area (Å²) >= 11 is 9.51. The van der Waals surface area contributed by atoms with E-state index >= 15 is 0 Å². The highest BCUT2D eigenvalue weighted by molar-refractivity contribution is 9.10. The molecule has 2 aromatic rings. The summed E-state index contributed by atoms with van der Waals surface area (Å²) in [6, 6.07) is 5.44. The van der Waals surface area contributed by atoms with Crippen LogP contribution >= 0.6 is 27.5 Å². The Hall–Kier alpha value is -1.11. The van der Waals surface area contributed by atoms with Gasteiger partial charge in [-0.1, -0.05) is 32.7 Å². The zero-order valence-corrected chi connectivity index (χ0v) is 14.6. The number of nitrogens with zero attached hydrogens (tertiary/aromatic N) is 2. The summed E-state index contributed by atoms with van der Waals surface area (Å²) in [7, 11) is 1.67. The van der Waals surface area contributed by atoms with Crippen molar-refractivity contribution in [2.45, 2.75) is 37.9 Å². The van der Waals surface area contributed by atoms with Crippen LogP contribution in [0.2, 0.25) is 5.02 Å². The van der Waals surface area contributed by atoms with Crippen molar-refractivity contribution in [1.82, 2.24) is 10.1 Å². The average molecular weight is 388 g/mol. The van der Waals surface area contributed by atoms with Crippen LogP contribution in [0.5, 0.6) is 5.75 Å². The zero-order valence-electron chi connectivity index (χ0n) is 12.3. The van der Waals surface area contributed by atoms with Crippen LogP contribution < -0.4 is 4.74 Å². The molecule has 22 heavy (non-hydrogen) atoms. The van der Waals surface area contributed by atoms with E-state index in [1.165, 1.54) is 0 Å². The van der Waals surface area contributed by atoms with Gasteiger partial charge in [0.25, 0.3) is 5.89 Å². The average Bonchev–Trinajstić information content (AvgIpc) is 2.91. The topological polar surface area (TPSA) is 57.4 Å². The summed E-state index contributed by atoms with van der Waals surface area (Å²) < 4.78 is 17.6. The molecule has 1 fully saturated rings. The third kappa shape index (κ3) is 2.87. The molecule has 1 atom stereocenters. The number of methoxy groups -OCH3 is 1. The fraction of sp³-hybridized carbons (Fsp3) is 0.467. The summed E-state index contributed by atoms with van der Waals surface area (Å²) in [5.41, 5.74) is -0.416. The molecule has 0 saturated heterocycles. The van der Waals surface area contributed by atoms with Gasteiger partial charge in [0.2, 0.25) is 5.82 Å². The molecule has 1 unspecified atom stereocenters. The number of rotatable bonds is 5. The molecule has 0 N–H and O–H groups in total. The lowest BCUT2D eigenvalue weighted by atomic mass is 9.80. The SMILES string of the molecule is COC1(c2nc(C(C)Oc3ccc(Br)cc3Cl)no2)CCC1. The highest BCUT2D eigenvalue weighted by Crippen LogP contribution is 2.43. The predicted molar refractivity (Wildman–Crippen MR) is 85.0 cm³/mol. The standard InChI is InChI=1S/C15H16BrClN2O3/c1-9(21-12-5-4-10(16)8-11(12)17)13-18-14(22-19-13)15(20-2)6-3-7-15/h4-5,8-9H,3,6-7H2,1-2H3. The Kier molecular flexibility index (Phi) is 4.43. The van der Waals surface area contributed by atoms with E-state index in [2.05, 4.69) is 26.1 Å². The first kappa shape index (κ1) is 15.8. The van der Waals surface area contributed by atoms with Gasteiger partial charge < -0.3 is 14.0 Å². The molecular weight excluding hydrogens is 372 g/mol. The molecule has 3 rings (SSSR count). The van der Waals surface area contributed by atoms with Gasteiger partial charge in [-0.25, -0.2) is 0 Å². The first-order chi connectivity index (χ1) is 10.5. The Morgan fingerprint density at radius 2 is 2.18 bits per heavy atom. The van der Waals surface area contributed by atoms with E-state index in [1.807, 2.05) is 13.0 Å². The quantitative estimate of drug-likeness (QED) is 0.747. The van der Waals surface area contributed by atoms with Crippen molar-refractivity contribution in [3.8, 4) is 5.75 Å². The van der Waals surface area contributed by atoms with Gasteiger partial charge in [-0.3, -0.25) is 0 Å². The second kappa shape index (κ2) is 6.18. The fourth-order valence-electron chi connectivity index (χ4n) is 2.40. The Morgan fingerprint density at radius 1 is 1.41 bits per heavy atom. The van der Waals surface area contributed by atoms with Gasteiger partial charge in [0.1, 0.15) is 11.4 Å². The van der Waals surface area contributed by atoms with Crippen LogP contribution in [0.3, 0.4) is 0 Å². The molecule has 118 valence electrons. The number of halogens is 2. The third-order valence-electron chi connectivity index (χ3n) is 3.94. The molecule has 1 aromatic heterocycles. The number of ether oxygens (including phenoxy) is 2. The van der Waals surface area contributed by atoms with Crippen LogP contribution in [0.1, 0.15) is 44.0 Å². The molecule has 1 aliphatic rings. The maximum atomic E-state index is 6.15. The minimum absolute atomic E-state index is 0.370. The third-order valence-corrected chi connectivity index (χ3v) is 4.73. The summed E-state index contributed by atoms with van der Waals surface area (Å²) in [4.78, 5) is 4.44. The first-order valence-corrected chi connectivity index (χ1v) is 8.22. The van der Waals surface area contributed by atoms with Crippen molar-refractivity contribution in [1.29, 1.82) is 0 Å². The zero-order chi connectivity index (χ0) is 15.7. The van der Waals surface area contributed by atoms with Crippen molar-refractivity contribution in [2.75, 3.05) is 7.11 Å². The van der Waals surface area contributed by atoms with Gasteiger partial charge in [-0.2, -0.15) is 4.98 Å². The number of aromatic nitrogens is 2. The maximum Gasteiger partial charge on any atom is 0.259 e. The van der Waals surface area contributed by atoms with E-state index < -0.39 is 5.60 Å². The second-order valence-corrected chi connectivity index (χ2v) is 6.67. The molecule has 1 aliphatic carbocycles. The van der Waals surface area contributed by atoms with Gasteiger partial charge in [0, 0.05) is 11.6 Å². The molecule has 1 aromatic carbocycles. The van der Waals surface area contributed by atoms with Crippen molar-refractivity contribution in [3.63, 3.8) is 0 Å². The molecule has 0 bridgehead atoms. The van der Waals surface area contributed by atoms with E-state index in [9.17, 15) is 0 Å². The maximum absolute atomic E-state index is 6.15. The van der Waals surface area contributed by atoms with Crippen LogP contribution in [0.25, 0.3) is 0 Å².